The molecule has 0 saturated carbocycles. The molecular formula is C21H36N2O. The molecule has 1 atom stereocenters. The molecule has 0 unspecified atom stereocenters. The van der Waals surface area contributed by atoms with Gasteiger partial charge in [-0.25, -0.2) is 0 Å². The molecule has 0 radical (unpaired) electrons. The van der Waals surface area contributed by atoms with E-state index >= 15 is 0 Å². The van der Waals surface area contributed by atoms with E-state index in [4.69, 9.17) is 4.74 Å². The van der Waals surface area contributed by atoms with E-state index in [1.54, 1.807) is 7.11 Å². The molecule has 0 aliphatic carbocycles. The van der Waals surface area contributed by atoms with Gasteiger partial charge in [-0.1, -0.05) is 34.1 Å². The van der Waals surface area contributed by atoms with E-state index in [1.165, 1.54) is 36.1 Å². The molecule has 0 saturated heterocycles. The number of hydrogen-bond acceptors (Lipinski definition) is 3. The van der Waals surface area contributed by atoms with Gasteiger partial charge in [-0.2, -0.15) is 0 Å². The minimum absolute atomic E-state index is 0.199. The van der Waals surface area contributed by atoms with Crippen LogP contribution < -0.4 is 15.0 Å². The fourth-order valence-electron chi connectivity index (χ4n) is 3.94. The van der Waals surface area contributed by atoms with Crippen LogP contribution in [0, 0.1) is 0 Å². The molecule has 3 nitrogen and oxygen atoms in total. The van der Waals surface area contributed by atoms with Crippen LogP contribution in [0.5, 0.6) is 5.75 Å². The Bertz CT molecular complexity index is 551. The Kier molecular flexibility index (Phi) is 6.19. The Morgan fingerprint density at radius 1 is 1.33 bits per heavy atom. The zero-order valence-corrected chi connectivity index (χ0v) is 16.7. The van der Waals surface area contributed by atoms with Gasteiger partial charge in [0.05, 0.1) is 7.11 Å². The molecule has 0 aromatic heterocycles. The van der Waals surface area contributed by atoms with Crippen molar-refractivity contribution in [1.29, 1.82) is 0 Å². The fraction of sp³-hybridized carbons (Fsp3) is 0.714. The van der Waals surface area contributed by atoms with E-state index in [2.05, 4.69) is 63.9 Å². The summed E-state index contributed by atoms with van der Waals surface area (Å²) in [5, 5.41) is 3.53. The lowest BCUT2D eigenvalue weighted by atomic mass is 9.79. The lowest BCUT2D eigenvalue weighted by Gasteiger charge is -2.48. The van der Waals surface area contributed by atoms with Gasteiger partial charge in [-0.15, -0.1) is 0 Å². The van der Waals surface area contributed by atoms with E-state index in [1.807, 2.05) is 0 Å². The van der Waals surface area contributed by atoms with Crippen LogP contribution in [0.3, 0.4) is 0 Å². The predicted molar refractivity (Wildman–Crippen MR) is 104 cm³/mol. The number of nitrogens with zero attached hydrogens (tertiary/aromatic N) is 1. The van der Waals surface area contributed by atoms with Crippen LogP contribution in [0.15, 0.2) is 12.1 Å². The summed E-state index contributed by atoms with van der Waals surface area (Å²) < 4.78 is 5.73. The second kappa shape index (κ2) is 7.77. The Labute approximate surface area is 148 Å². The van der Waals surface area contributed by atoms with E-state index in [0.29, 0.717) is 12.0 Å². The van der Waals surface area contributed by atoms with Crippen LogP contribution in [0.25, 0.3) is 0 Å². The van der Waals surface area contributed by atoms with Crippen molar-refractivity contribution in [2.45, 2.75) is 84.8 Å². The van der Waals surface area contributed by atoms with Crippen molar-refractivity contribution < 1.29 is 4.74 Å². The normalized spacial score (nSPS) is 19.5. The number of hydrogen-bond donors (Lipinski definition) is 1. The topological polar surface area (TPSA) is 24.5 Å². The number of ether oxygens (including phenoxy) is 1. The lowest BCUT2D eigenvalue weighted by Crippen LogP contribution is -2.48. The average molecular weight is 333 g/mol. The van der Waals surface area contributed by atoms with Gasteiger partial charge in [0.1, 0.15) is 5.75 Å². The molecule has 1 heterocycles. The van der Waals surface area contributed by atoms with Gasteiger partial charge >= 0.3 is 0 Å². The minimum atomic E-state index is 0.199. The lowest BCUT2D eigenvalue weighted by molar-refractivity contribution is 0.369. The number of nitrogens with one attached hydrogen (secondary N) is 1. The summed E-state index contributed by atoms with van der Waals surface area (Å²) in [6.07, 6.45) is 3.66. The third-order valence-electron chi connectivity index (χ3n) is 5.22. The zero-order valence-electron chi connectivity index (χ0n) is 16.7. The molecule has 0 bridgehead atoms. The Balaban J connectivity index is 2.44. The van der Waals surface area contributed by atoms with Crippen LogP contribution in [0.1, 0.15) is 77.8 Å². The number of rotatable bonds is 7. The molecule has 24 heavy (non-hydrogen) atoms. The van der Waals surface area contributed by atoms with Crippen molar-refractivity contribution >= 4 is 5.69 Å². The molecule has 0 fully saturated rings. The number of benzene rings is 1. The Morgan fingerprint density at radius 2 is 2.04 bits per heavy atom. The van der Waals surface area contributed by atoms with E-state index < -0.39 is 0 Å². The van der Waals surface area contributed by atoms with E-state index in [9.17, 15) is 0 Å². The maximum atomic E-state index is 5.73. The predicted octanol–water partition coefficient (Wildman–Crippen LogP) is 5.09. The molecule has 1 aliphatic rings. The maximum absolute atomic E-state index is 5.73. The second-order valence-electron chi connectivity index (χ2n) is 8.18. The van der Waals surface area contributed by atoms with Crippen molar-refractivity contribution in [3.8, 4) is 5.75 Å². The summed E-state index contributed by atoms with van der Waals surface area (Å²) in [4.78, 5) is 2.61. The van der Waals surface area contributed by atoms with Gasteiger partial charge < -0.3 is 15.0 Å². The van der Waals surface area contributed by atoms with Crippen LogP contribution in [0.2, 0.25) is 0 Å². The summed E-state index contributed by atoms with van der Waals surface area (Å²) in [5.41, 5.74) is 4.32. The molecule has 136 valence electrons. The van der Waals surface area contributed by atoms with Crippen LogP contribution in [-0.4, -0.2) is 25.2 Å². The Hall–Kier alpha value is -1.22. The summed E-state index contributed by atoms with van der Waals surface area (Å²) in [5.74, 6) is 1.59. The molecular weight excluding hydrogens is 296 g/mol. The van der Waals surface area contributed by atoms with Gasteiger partial charge in [0.15, 0.2) is 0 Å². The molecule has 3 heteroatoms. The first kappa shape index (κ1) is 19.1. The number of fused-ring (bicyclic) bond motifs is 1. The highest BCUT2D eigenvalue weighted by Crippen LogP contribution is 2.45. The van der Waals surface area contributed by atoms with Crippen molar-refractivity contribution in [3.63, 3.8) is 0 Å². The standard InChI is InChI=1S/C21H36N2O/c1-8-9-10-23-19-12-20(24-7)17(14-22-15(2)3)11-18(19)16(4)13-21(23,5)6/h11-12,15-16,22H,8-10,13-14H2,1-7H3/t16-/m1/s1. The molecule has 1 aromatic rings. The molecule has 1 aliphatic heterocycles. The first-order valence-corrected chi connectivity index (χ1v) is 9.52. The average Bonchev–Trinajstić information content (AvgIpc) is 2.51. The molecule has 0 amide bonds. The maximum Gasteiger partial charge on any atom is 0.125 e. The molecule has 2 rings (SSSR count). The first-order chi connectivity index (χ1) is 11.3. The van der Waals surface area contributed by atoms with Crippen LogP contribution in [0.4, 0.5) is 5.69 Å². The molecule has 0 spiro atoms. The number of methoxy groups -OCH3 is 1. The highest BCUT2D eigenvalue weighted by Gasteiger charge is 2.36. The van der Waals surface area contributed by atoms with E-state index in [0.717, 1.165) is 18.8 Å². The highest BCUT2D eigenvalue weighted by molar-refractivity contribution is 5.64. The van der Waals surface area contributed by atoms with Gasteiger partial charge in [-0.3, -0.25) is 0 Å². The quantitative estimate of drug-likeness (QED) is 0.753. The summed E-state index contributed by atoms with van der Waals surface area (Å²) in [6, 6.07) is 5.13. The summed E-state index contributed by atoms with van der Waals surface area (Å²) in [7, 11) is 1.79. The van der Waals surface area contributed by atoms with Crippen LogP contribution >= 0.6 is 0 Å². The third kappa shape index (κ3) is 4.05. The first-order valence-electron chi connectivity index (χ1n) is 9.52. The van der Waals surface area contributed by atoms with Gasteiger partial charge in [-0.05, 0) is 44.2 Å². The zero-order chi connectivity index (χ0) is 17.9. The number of unbranched alkanes of at least 4 members (excludes halogenated alkanes) is 1. The van der Waals surface area contributed by atoms with Crippen molar-refractivity contribution in [3.05, 3.63) is 23.3 Å². The van der Waals surface area contributed by atoms with Crippen LogP contribution in [-0.2, 0) is 6.54 Å². The number of anilines is 1. The Morgan fingerprint density at radius 3 is 2.62 bits per heavy atom. The summed E-state index contributed by atoms with van der Waals surface area (Å²) in [6.45, 7) is 15.7. The van der Waals surface area contributed by atoms with Gasteiger partial charge in [0.2, 0.25) is 0 Å². The molecule has 1 N–H and O–H groups in total. The smallest absolute Gasteiger partial charge is 0.125 e. The third-order valence-corrected chi connectivity index (χ3v) is 5.22. The second-order valence-corrected chi connectivity index (χ2v) is 8.18. The SMILES string of the molecule is CCCCN1c2cc(OC)c(CNC(C)C)cc2[C@H](C)CC1(C)C. The van der Waals surface area contributed by atoms with Gasteiger partial charge in [0.25, 0.3) is 0 Å². The fourth-order valence-corrected chi connectivity index (χ4v) is 3.94. The van der Waals surface area contributed by atoms with Gasteiger partial charge in [0, 0.05) is 42.0 Å². The molecule has 1 aromatic carbocycles. The monoisotopic (exact) mass is 332 g/mol. The van der Waals surface area contributed by atoms with E-state index in [-0.39, 0.29) is 5.54 Å². The largest absolute Gasteiger partial charge is 0.496 e. The van der Waals surface area contributed by atoms with Crippen molar-refractivity contribution in [1.82, 2.24) is 5.32 Å². The minimum Gasteiger partial charge on any atom is -0.496 e. The van der Waals surface area contributed by atoms with Crippen molar-refractivity contribution in [2.75, 3.05) is 18.6 Å². The summed E-state index contributed by atoms with van der Waals surface area (Å²) >= 11 is 0. The van der Waals surface area contributed by atoms with Crippen molar-refractivity contribution in [2.24, 2.45) is 0 Å². The highest BCUT2D eigenvalue weighted by atomic mass is 16.5.